The van der Waals surface area contributed by atoms with E-state index in [1.165, 1.54) is 0 Å². The molecule has 0 aliphatic carbocycles. The Hall–Kier alpha value is -3.73. The maximum Gasteiger partial charge on any atom is 0.228 e. The summed E-state index contributed by atoms with van der Waals surface area (Å²) in [5.74, 6) is 1.47. The third kappa shape index (κ3) is 4.30. The molecule has 1 heterocycles. The number of para-hydroxylation sites is 2. The first-order chi connectivity index (χ1) is 14.7. The molecule has 1 amide bonds. The second kappa shape index (κ2) is 8.74. The Balaban J connectivity index is 1.62. The fraction of sp³-hybridized carbons (Fsp3) is 0.160. The molecule has 3 aromatic carbocycles. The summed E-state index contributed by atoms with van der Waals surface area (Å²) in [5.41, 5.74) is 3.94. The number of nitrogens with zero attached hydrogens (tertiary/aromatic N) is 1. The quantitative estimate of drug-likeness (QED) is 0.481. The van der Waals surface area contributed by atoms with Crippen molar-refractivity contribution in [3.63, 3.8) is 0 Å². The van der Waals surface area contributed by atoms with Gasteiger partial charge in [-0.1, -0.05) is 36.4 Å². The van der Waals surface area contributed by atoms with E-state index in [1.54, 1.807) is 14.2 Å². The molecule has 5 nitrogen and oxygen atoms in total. The molecule has 0 aliphatic heterocycles. The van der Waals surface area contributed by atoms with Crippen molar-refractivity contribution in [1.29, 1.82) is 0 Å². The molecule has 1 aromatic heterocycles. The molecule has 0 spiro atoms. The SMILES string of the molecule is COc1cc(Cn2cc(CC(=O)Nc3ccccc3)c3ccccc32)cc(OC)c1. The van der Waals surface area contributed by atoms with Crippen LogP contribution in [0.25, 0.3) is 10.9 Å². The molecule has 4 aromatic rings. The van der Waals surface area contributed by atoms with Crippen molar-refractivity contribution in [3.05, 3.63) is 90.1 Å². The number of carbonyl (C=O) groups is 1. The standard InChI is InChI=1S/C25H24N2O3/c1-29-21-12-18(13-22(15-21)30-2)16-27-17-19(23-10-6-7-11-24(23)27)14-25(28)26-20-8-4-3-5-9-20/h3-13,15,17H,14,16H2,1-2H3,(H,26,28). The van der Waals surface area contributed by atoms with Gasteiger partial charge in [0.2, 0.25) is 5.91 Å². The number of hydrogen-bond acceptors (Lipinski definition) is 3. The third-order valence-corrected chi connectivity index (χ3v) is 5.04. The molecule has 1 N–H and O–H groups in total. The molecule has 0 fully saturated rings. The van der Waals surface area contributed by atoms with Gasteiger partial charge in [-0.3, -0.25) is 4.79 Å². The van der Waals surface area contributed by atoms with Crippen molar-refractivity contribution < 1.29 is 14.3 Å². The summed E-state index contributed by atoms with van der Waals surface area (Å²) in [5, 5.41) is 4.04. The average molecular weight is 400 g/mol. The molecule has 0 unspecified atom stereocenters. The minimum Gasteiger partial charge on any atom is -0.497 e. The van der Waals surface area contributed by atoms with E-state index >= 15 is 0 Å². The predicted molar refractivity (Wildman–Crippen MR) is 119 cm³/mol. The predicted octanol–water partition coefficient (Wildman–Crippen LogP) is 4.89. The van der Waals surface area contributed by atoms with E-state index in [1.807, 2.05) is 60.7 Å². The summed E-state index contributed by atoms with van der Waals surface area (Å²) in [6.45, 7) is 0.647. The lowest BCUT2D eigenvalue weighted by Gasteiger charge is -2.10. The number of amides is 1. The van der Waals surface area contributed by atoms with Crippen LogP contribution < -0.4 is 14.8 Å². The summed E-state index contributed by atoms with van der Waals surface area (Å²) < 4.78 is 13.0. The monoisotopic (exact) mass is 400 g/mol. The molecule has 0 radical (unpaired) electrons. The van der Waals surface area contributed by atoms with Gasteiger partial charge in [-0.15, -0.1) is 0 Å². The largest absolute Gasteiger partial charge is 0.497 e. The van der Waals surface area contributed by atoms with Gasteiger partial charge < -0.3 is 19.4 Å². The lowest BCUT2D eigenvalue weighted by Crippen LogP contribution is -2.14. The van der Waals surface area contributed by atoms with Crippen molar-refractivity contribution in [2.45, 2.75) is 13.0 Å². The van der Waals surface area contributed by atoms with E-state index in [9.17, 15) is 4.79 Å². The minimum atomic E-state index is -0.0350. The van der Waals surface area contributed by atoms with Crippen LogP contribution in [0.15, 0.2) is 79.0 Å². The third-order valence-electron chi connectivity index (χ3n) is 5.04. The second-order valence-electron chi connectivity index (χ2n) is 7.11. The molecule has 0 saturated carbocycles. The Morgan fingerprint density at radius 2 is 1.57 bits per heavy atom. The highest BCUT2D eigenvalue weighted by Gasteiger charge is 2.13. The zero-order valence-electron chi connectivity index (χ0n) is 17.1. The molecule has 0 atom stereocenters. The first-order valence-corrected chi connectivity index (χ1v) is 9.80. The van der Waals surface area contributed by atoms with Gasteiger partial charge >= 0.3 is 0 Å². The number of aromatic nitrogens is 1. The molecule has 0 aliphatic rings. The molecule has 152 valence electrons. The van der Waals surface area contributed by atoms with Crippen LogP contribution in [0.3, 0.4) is 0 Å². The van der Waals surface area contributed by atoms with Crippen molar-refractivity contribution in [1.82, 2.24) is 4.57 Å². The Labute approximate surface area is 175 Å². The fourth-order valence-corrected chi connectivity index (χ4v) is 3.65. The maximum absolute atomic E-state index is 12.6. The Kier molecular flexibility index (Phi) is 5.70. The minimum absolute atomic E-state index is 0.0350. The van der Waals surface area contributed by atoms with Crippen molar-refractivity contribution in [2.75, 3.05) is 19.5 Å². The van der Waals surface area contributed by atoms with E-state index in [4.69, 9.17) is 9.47 Å². The number of benzene rings is 3. The van der Waals surface area contributed by atoms with E-state index < -0.39 is 0 Å². The number of anilines is 1. The molecule has 0 bridgehead atoms. The van der Waals surface area contributed by atoms with Gasteiger partial charge in [-0.05, 0) is 41.5 Å². The zero-order chi connectivity index (χ0) is 20.9. The van der Waals surface area contributed by atoms with Crippen LogP contribution in [0.5, 0.6) is 11.5 Å². The lowest BCUT2D eigenvalue weighted by atomic mass is 10.1. The smallest absolute Gasteiger partial charge is 0.228 e. The normalized spacial score (nSPS) is 10.7. The number of hydrogen-bond donors (Lipinski definition) is 1. The Bertz CT molecular complexity index is 1140. The van der Waals surface area contributed by atoms with Crippen LogP contribution >= 0.6 is 0 Å². The van der Waals surface area contributed by atoms with Gasteiger partial charge in [0, 0.05) is 35.4 Å². The number of nitrogens with one attached hydrogen (secondary N) is 1. The second-order valence-corrected chi connectivity index (χ2v) is 7.11. The maximum atomic E-state index is 12.6. The van der Waals surface area contributed by atoms with Gasteiger partial charge in [0.1, 0.15) is 11.5 Å². The molecular formula is C25H24N2O3. The van der Waals surface area contributed by atoms with Crippen LogP contribution in [-0.2, 0) is 17.8 Å². The number of rotatable bonds is 7. The van der Waals surface area contributed by atoms with Crippen LogP contribution in [0, 0.1) is 0 Å². The number of carbonyl (C=O) groups excluding carboxylic acids is 1. The van der Waals surface area contributed by atoms with Gasteiger partial charge in [-0.2, -0.15) is 0 Å². The van der Waals surface area contributed by atoms with Crippen molar-refractivity contribution >= 4 is 22.5 Å². The van der Waals surface area contributed by atoms with Crippen LogP contribution in [0.2, 0.25) is 0 Å². The summed E-state index contributed by atoms with van der Waals surface area (Å²) in [7, 11) is 3.29. The number of fused-ring (bicyclic) bond motifs is 1. The lowest BCUT2D eigenvalue weighted by molar-refractivity contribution is -0.115. The first-order valence-electron chi connectivity index (χ1n) is 9.80. The molecule has 4 rings (SSSR count). The van der Waals surface area contributed by atoms with Crippen molar-refractivity contribution in [2.24, 2.45) is 0 Å². The van der Waals surface area contributed by atoms with Crippen LogP contribution in [-0.4, -0.2) is 24.7 Å². The number of ether oxygens (including phenoxy) is 2. The summed E-state index contributed by atoms with van der Waals surface area (Å²) in [6.07, 6.45) is 2.37. The van der Waals surface area contributed by atoms with E-state index in [0.717, 1.165) is 39.2 Å². The molecule has 5 heteroatoms. The highest BCUT2D eigenvalue weighted by Crippen LogP contribution is 2.27. The highest BCUT2D eigenvalue weighted by atomic mass is 16.5. The van der Waals surface area contributed by atoms with Gasteiger partial charge in [0.05, 0.1) is 20.6 Å². The molecular weight excluding hydrogens is 376 g/mol. The van der Waals surface area contributed by atoms with Crippen LogP contribution in [0.4, 0.5) is 5.69 Å². The topological polar surface area (TPSA) is 52.5 Å². The van der Waals surface area contributed by atoms with Crippen LogP contribution in [0.1, 0.15) is 11.1 Å². The van der Waals surface area contributed by atoms with Crippen molar-refractivity contribution in [3.8, 4) is 11.5 Å². The van der Waals surface area contributed by atoms with Gasteiger partial charge in [0.25, 0.3) is 0 Å². The highest BCUT2D eigenvalue weighted by molar-refractivity contribution is 5.96. The van der Waals surface area contributed by atoms with E-state index in [0.29, 0.717) is 13.0 Å². The van der Waals surface area contributed by atoms with E-state index in [-0.39, 0.29) is 5.91 Å². The Morgan fingerprint density at radius 1 is 0.900 bits per heavy atom. The molecule has 0 saturated heterocycles. The fourth-order valence-electron chi connectivity index (χ4n) is 3.65. The zero-order valence-corrected chi connectivity index (χ0v) is 17.1. The Morgan fingerprint density at radius 3 is 2.27 bits per heavy atom. The van der Waals surface area contributed by atoms with Gasteiger partial charge in [0.15, 0.2) is 0 Å². The van der Waals surface area contributed by atoms with Gasteiger partial charge in [-0.25, -0.2) is 0 Å². The summed E-state index contributed by atoms with van der Waals surface area (Å²) in [4.78, 5) is 12.6. The first kappa shape index (κ1) is 19.6. The molecule has 30 heavy (non-hydrogen) atoms. The van der Waals surface area contributed by atoms with E-state index in [2.05, 4.69) is 28.2 Å². The summed E-state index contributed by atoms with van der Waals surface area (Å²) >= 11 is 0. The number of methoxy groups -OCH3 is 2. The summed E-state index contributed by atoms with van der Waals surface area (Å²) in [6, 6.07) is 23.5. The average Bonchev–Trinajstić information content (AvgIpc) is 3.11.